The highest BCUT2D eigenvalue weighted by molar-refractivity contribution is 5.76. The van der Waals surface area contributed by atoms with Gasteiger partial charge in [0, 0.05) is 19.5 Å². The smallest absolute Gasteiger partial charge is 0.222 e. The summed E-state index contributed by atoms with van der Waals surface area (Å²) in [6, 6.07) is 0. The molecule has 0 spiro atoms. The minimum atomic E-state index is -0.341. The lowest BCUT2D eigenvalue weighted by Crippen LogP contribution is -2.46. The van der Waals surface area contributed by atoms with E-state index in [1.165, 1.54) is 0 Å². The number of nitrogens with zero attached hydrogens (tertiary/aromatic N) is 1. The maximum atomic E-state index is 12.0. The maximum absolute atomic E-state index is 12.0. The molecule has 16 heavy (non-hydrogen) atoms. The molecule has 1 aliphatic heterocycles. The van der Waals surface area contributed by atoms with Crippen LogP contribution in [0.25, 0.3) is 0 Å². The van der Waals surface area contributed by atoms with Crippen LogP contribution in [0.2, 0.25) is 0 Å². The van der Waals surface area contributed by atoms with Crippen LogP contribution in [0.3, 0.4) is 0 Å². The van der Waals surface area contributed by atoms with Gasteiger partial charge in [0.15, 0.2) is 0 Å². The number of amides is 1. The molecule has 3 nitrogen and oxygen atoms in total. The summed E-state index contributed by atoms with van der Waals surface area (Å²) in [4.78, 5) is 13.8. The fourth-order valence-corrected chi connectivity index (χ4v) is 1.92. The first-order valence-electron chi connectivity index (χ1n) is 6.37. The van der Waals surface area contributed by atoms with Crippen molar-refractivity contribution < 1.29 is 9.90 Å². The van der Waals surface area contributed by atoms with Gasteiger partial charge in [0.25, 0.3) is 0 Å². The zero-order valence-corrected chi connectivity index (χ0v) is 10.9. The van der Waals surface area contributed by atoms with E-state index in [0.29, 0.717) is 30.7 Å². The van der Waals surface area contributed by atoms with Crippen molar-refractivity contribution in [2.45, 2.75) is 46.6 Å². The number of hydrogen-bond donors (Lipinski definition) is 1. The summed E-state index contributed by atoms with van der Waals surface area (Å²) >= 11 is 0. The van der Waals surface area contributed by atoms with Crippen LogP contribution in [-0.4, -0.2) is 35.1 Å². The minimum absolute atomic E-state index is 0.201. The Kier molecular flexibility index (Phi) is 4.78. The van der Waals surface area contributed by atoms with E-state index in [9.17, 15) is 9.90 Å². The summed E-state index contributed by atoms with van der Waals surface area (Å²) in [5.74, 6) is 1.49. The minimum Gasteiger partial charge on any atom is -0.391 e. The van der Waals surface area contributed by atoms with Crippen LogP contribution in [-0.2, 0) is 4.79 Å². The predicted molar refractivity (Wildman–Crippen MR) is 65.0 cm³/mol. The van der Waals surface area contributed by atoms with Gasteiger partial charge >= 0.3 is 0 Å². The number of hydrogen-bond acceptors (Lipinski definition) is 2. The standard InChI is InChI=1S/C13H25NO2/c1-9(2)11(4)7-13(16)14-6-5-10(3)12(15)8-14/h9-12,15H,5-8H2,1-4H3. The van der Waals surface area contributed by atoms with Crippen LogP contribution in [0.5, 0.6) is 0 Å². The van der Waals surface area contributed by atoms with E-state index >= 15 is 0 Å². The summed E-state index contributed by atoms with van der Waals surface area (Å²) < 4.78 is 0. The number of likely N-dealkylation sites (tertiary alicyclic amines) is 1. The number of carbonyl (C=O) groups excluding carboxylic acids is 1. The van der Waals surface area contributed by atoms with Crippen molar-refractivity contribution in [3.05, 3.63) is 0 Å². The first kappa shape index (κ1) is 13.5. The number of piperidine rings is 1. The molecule has 0 saturated carbocycles. The van der Waals surface area contributed by atoms with Gasteiger partial charge in [-0.05, 0) is 24.2 Å². The number of aliphatic hydroxyl groups is 1. The van der Waals surface area contributed by atoms with Gasteiger partial charge < -0.3 is 10.0 Å². The van der Waals surface area contributed by atoms with Gasteiger partial charge in [0.1, 0.15) is 0 Å². The third-order valence-electron chi connectivity index (χ3n) is 3.91. The van der Waals surface area contributed by atoms with Gasteiger partial charge in [0.05, 0.1) is 6.10 Å². The van der Waals surface area contributed by atoms with E-state index < -0.39 is 0 Å². The molecule has 1 amide bonds. The molecule has 1 fully saturated rings. The summed E-state index contributed by atoms with van der Waals surface area (Å²) in [5, 5.41) is 9.75. The molecule has 1 N–H and O–H groups in total. The zero-order valence-electron chi connectivity index (χ0n) is 10.9. The highest BCUT2D eigenvalue weighted by Gasteiger charge is 2.27. The maximum Gasteiger partial charge on any atom is 0.222 e. The average Bonchev–Trinajstić information content (AvgIpc) is 2.21. The number of aliphatic hydroxyl groups excluding tert-OH is 1. The fourth-order valence-electron chi connectivity index (χ4n) is 1.92. The Morgan fingerprint density at radius 1 is 1.44 bits per heavy atom. The quantitative estimate of drug-likeness (QED) is 0.800. The molecule has 0 aromatic heterocycles. The lowest BCUT2D eigenvalue weighted by atomic mass is 9.92. The molecule has 3 unspecified atom stereocenters. The summed E-state index contributed by atoms with van der Waals surface area (Å²) in [6.07, 6.45) is 1.19. The zero-order chi connectivity index (χ0) is 12.3. The largest absolute Gasteiger partial charge is 0.391 e. The van der Waals surface area contributed by atoms with Crippen LogP contribution in [0.15, 0.2) is 0 Å². The van der Waals surface area contributed by atoms with E-state index in [0.717, 1.165) is 13.0 Å². The Hall–Kier alpha value is -0.570. The molecule has 1 rings (SSSR count). The third-order valence-corrected chi connectivity index (χ3v) is 3.91. The van der Waals surface area contributed by atoms with E-state index in [1.807, 2.05) is 11.8 Å². The van der Waals surface area contributed by atoms with Crippen molar-refractivity contribution >= 4 is 5.91 Å². The van der Waals surface area contributed by atoms with E-state index in [2.05, 4.69) is 20.8 Å². The first-order chi connectivity index (χ1) is 7.41. The highest BCUT2D eigenvalue weighted by atomic mass is 16.3. The molecule has 1 heterocycles. The van der Waals surface area contributed by atoms with E-state index in [4.69, 9.17) is 0 Å². The molecule has 3 heteroatoms. The summed E-state index contributed by atoms with van der Waals surface area (Å²) in [7, 11) is 0. The van der Waals surface area contributed by atoms with Crippen molar-refractivity contribution in [3.63, 3.8) is 0 Å². The van der Waals surface area contributed by atoms with Crippen molar-refractivity contribution in [2.24, 2.45) is 17.8 Å². The molecule has 1 saturated heterocycles. The van der Waals surface area contributed by atoms with E-state index in [-0.39, 0.29) is 12.0 Å². The lowest BCUT2D eigenvalue weighted by Gasteiger charge is -2.35. The Balaban J connectivity index is 2.43. The first-order valence-corrected chi connectivity index (χ1v) is 6.37. The molecular formula is C13H25NO2. The lowest BCUT2D eigenvalue weighted by molar-refractivity contribution is -0.136. The van der Waals surface area contributed by atoms with Crippen molar-refractivity contribution in [1.82, 2.24) is 4.90 Å². The Morgan fingerprint density at radius 2 is 2.06 bits per heavy atom. The highest BCUT2D eigenvalue weighted by Crippen LogP contribution is 2.20. The second-order valence-electron chi connectivity index (χ2n) is 5.60. The molecule has 0 aromatic rings. The molecule has 3 atom stereocenters. The van der Waals surface area contributed by atoms with Crippen LogP contribution >= 0.6 is 0 Å². The van der Waals surface area contributed by atoms with Crippen molar-refractivity contribution in [2.75, 3.05) is 13.1 Å². The van der Waals surface area contributed by atoms with Crippen LogP contribution in [0, 0.1) is 17.8 Å². The molecule has 0 bridgehead atoms. The Labute approximate surface area is 98.8 Å². The third kappa shape index (κ3) is 3.48. The van der Waals surface area contributed by atoms with Crippen LogP contribution < -0.4 is 0 Å². The van der Waals surface area contributed by atoms with Gasteiger partial charge in [-0.25, -0.2) is 0 Å². The summed E-state index contributed by atoms with van der Waals surface area (Å²) in [5.41, 5.74) is 0. The second kappa shape index (κ2) is 5.67. The van der Waals surface area contributed by atoms with Gasteiger partial charge in [-0.1, -0.05) is 27.7 Å². The van der Waals surface area contributed by atoms with Crippen molar-refractivity contribution in [1.29, 1.82) is 0 Å². The average molecular weight is 227 g/mol. The number of carbonyl (C=O) groups is 1. The predicted octanol–water partition coefficient (Wildman–Crippen LogP) is 1.90. The molecular weight excluding hydrogens is 202 g/mol. The Bertz CT molecular complexity index is 240. The second-order valence-corrected chi connectivity index (χ2v) is 5.60. The van der Waals surface area contributed by atoms with Gasteiger partial charge in [-0.3, -0.25) is 4.79 Å². The fraction of sp³-hybridized carbons (Fsp3) is 0.923. The Morgan fingerprint density at radius 3 is 2.56 bits per heavy atom. The molecule has 0 aliphatic carbocycles. The number of rotatable bonds is 3. The molecule has 0 aromatic carbocycles. The number of β-amino-alcohol motifs (C(OH)–C–C–N with tert-alkyl or cyclic N) is 1. The normalized spacial score (nSPS) is 28.2. The van der Waals surface area contributed by atoms with Crippen molar-refractivity contribution in [3.8, 4) is 0 Å². The van der Waals surface area contributed by atoms with Crippen LogP contribution in [0.4, 0.5) is 0 Å². The monoisotopic (exact) mass is 227 g/mol. The van der Waals surface area contributed by atoms with E-state index in [1.54, 1.807) is 0 Å². The van der Waals surface area contributed by atoms with Gasteiger partial charge in [-0.2, -0.15) is 0 Å². The molecule has 94 valence electrons. The topological polar surface area (TPSA) is 40.5 Å². The van der Waals surface area contributed by atoms with Gasteiger partial charge in [-0.15, -0.1) is 0 Å². The SMILES string of the molecule is CC(C)C(C)CC(=O)N1CCC(C)C(O)C1. The molecule has 1 aliphatic rings. The molecule has 0 radical (unpaired) electrons. The van der Waals surface area contributed by atoms with Crippen LogP contribution in [0.1, 0.15) is 40.5 Å². The summed E-state index contributed by atoms with van der Waals surface area (Å²) in [6.45, 7) is 9.78. The van der Waals surface area contributed by atoms with Gasteiger partial charge in [0.2, 0.25) is 5.91 Å².